The number of nitrogens with zero attached hydrogens (tertiary/aromatic N) is 4. The number of hydrogen-bond donors (Lipinski definition) is 1. The minimum atomic E-state index is -4.84. The van der Waals surface area contributed by atoms with Gasteiger partial charge in [0.05, 0.1) is 5.56 Å². The van der Waals surface area contributed by atoms with Crippen LogP contribution in [0.3, 0.4) is 0 Å². The van der Waals surface area contributed by atoms with Gasteiger partial charge in [-0.3, -0.25) is 14.5 Å². The molecule has 4 saturated carbocycles. The highest BCUT2D eigenvalue weighted by Crippen LogP contribution is 2.67. The van der Waals surface area contributed by atoms with Crippen molar-refractivity contribution in [3.8, 4) is 0 Å². The topological polar surface area (TPSA) is 89.3 Å². The van der Waals surface area contributed by atoms with Crippen molar-refractivity contribution in [3.05, 3.63) is 76.4 Å². The summed E-state index contributed by atoms with van der Waals surface area (Å²) in [4.78, 5) is 26.4. The lowest BCUT2D eigenvalue weighted by molar-refractivity contribution is -0.143. The van der Waals surface area contributed by atoms with Gasteiger partial charge in [-0.1, -0.05) is 19.1 Å². The Bertz CT molecular complexity index is 1660. The monoisotopic (exact) mass is 615 g/mol. The van der Waals surface area contributed by atoms with E-state index >= 15 is 0 Å². The highest BCUT2D eigenvalue weighted by atomic mass is 19.4. The molecule has 4 fully saturated rings. The van der Waals surface area contributed by atoms with Crippen molar-refractivity contribution in [1.82, 2.24) is 20.1 Å². The number of halogens is 5. The highest BCUT2D eigenvalue weighted by molar-refractivity contribution is 6.11. The molecule has 1 amide bonds. The quantitative estimate of drug-likeness (QED) is 0.249. The number of anilines is 1. The van der Waals surface area contributed by atoms with E-state index in [-0.39, 0.29) is 36.2 Å². The first-order valence-corrected chi connectivity index (χ1v) is 14.4. The third kappa shape index (κ3) is 4.50. The number of ether oxygens (including phenoxy) is 1. The summed E-state index contributed by atoms with van der Waals surface area (Å²) in [5.41, 5.74) is -1.69. The molecule has 2 heterocycles. The van der Waals surface area contributed by atoms with Crippen LogP contribution in [-0.2, 0) is 41.1 Å². The molecular weight excluding hydrogens is 585 g/mol. The Kier molecular flexibility index (Phi) is 6.12. The molecule has 1 aromatic heterocycles. The van der Waals surface area contributed by atoms with Gasteiger partial charge in [0.1, 0.15) is 12.2 Å². The average molecular weight is 616 g/mol. The van der Waals surface area contributed by atoms with Crippen LogP contribution in [0.2, 0.25) is 0 Å². The lowest BCUT2D eigenvalue weighted by Gasteiger charge is -2.70. The Labute approximate surface area is 249 Å². The van der Waals surface area contributed by atoms with Gasteiger partial charge in [-0.2, -0.15) is 13.2 Å². The molecule has 4 aliphatic carbocycles. The second kappa shape index (κ2) is 9.32. The van der Waals surface area contributed by atoms with Gasteiger partial charge in [0.25, 0.3) is 12.4 Å². The molecular formula is C31H30F5N5O3. The molecule has 0 radical (unpaired) electrons. The first kappa shape index (κ1) is 28.9. The van der Waals surface area contributed by atoms with Gasteiger partial charge in [-0.05, 0) is 60.1 Å². The molecule has 1 atom stereocenters. The van der Waals surface area contributed by atoms with E-state index in [1.165, 1.54) is 24.5 Å². The zero-order valence-electron chi connectivity index (χ0n) is 24.0. The summed E-state index contributed by atoms with van der Waals surface area (Å²) in [5, 5.41) is 11.3. The van der Waals surface area contributed by atoms with E-state index in [0.717, 1.165) is 30.2 Å². The fourth-order valence-electron chi connectivity index (χ4n) is 8.19. The first-order valence-electron chi connectivity index (χ1n) is 14.4. The van der Waals surface area contributed by atoms with Crippen molar-refractivity contribution in [3.63, 3.8) is 0 Å². The number of hydrogen-bond acceptors (Lipinski definition) is 6. The third-order valence-corrected chi connectivity index (χ3v) is 9.86. The summed E-state index contributed by atoms with van der Waals surface area (Å²) in [6.45, 7) is 2.33. The number of carbonyl (C=O) groups is 2. The van der Waals surface area contributed by atoms with Crippen LogP contribution in [0.25, 0.3) is 0 Å². The lowest BCUT2D eigenvalue weighted by atomic mass is 9.40. The number of fused-ring (bicyclic) bond motifs is 1. The van der Waals surface area contributed by atoms with Gasteiger partial charge < -0.3 is 14.6 Å². The van der Waals surface area contributed by atoms with Crippen LogP contribution in [-0.4, -0.2) is 38.6 Å². The molecule has 2 aromatic carbocycles. The third-order valence-electron chi connectivity index (χ3n) is 9.86. The smallest absolute Gasteiger partial charge is 0.416 e. The summed E-state index contributed by atoms with van der Waals surface area (Å²) in [6.07, 6.45) is -3.02. The van der Waals surface area contributed by atoms with E-state index < -0.39 is 53.6 Å². The Hall–Kier alpha value is -3.87. The van der Waals surface area contributed by atoms with Crippen molar-refractivity contribution in [2.45, 2.75) is 81.3 Å². The zero-order chi connectivity index (χ0) is 31.3. The molecule has 3 aromatic rings. The van der Waals surface area contributed by atoms with Gasteiger partial charge in [-0.15, -0.1) is 10.2 Å². The maximum absolute atomic E-state index is 14.5. The highest BCUT2D eigenvalue weighted by Gasteiger charge is 2.64. The zero-order valence-corrected chi connectivity index (χ0v) is 24.0. The molecule has 2 bridgehead atoms. The predicted molar refractivity (Wildman–Crippen MR) is 147 cm³/mol. The number of amides is 1. The standard InChI is InChI=1S/C31H30F5N5O3/c1-27-11-29(12-27,13-27)37-10-18-6-21-24(22(7-18)31(34,35)36)26(44-17-42)41(25(21)43)20-5-3-4-19(8-20)28(14-30(32,33)15-28)9-23-39-38-16-40(23)2/h3-8,16-17,26,37H,9-15H2,1-2H3. The summed E-state index contributed by atoms with van der Waals surface area (Å²) >= 11 is 0. The van der Waals surface area contributed by atoms with Crippen LogP contribution in [0.15, 0.2) is 42.7 Å². The van der Waals surface area contributed by atoms with E-state index in [1.54, 1.807) is 23.7 Å². The Morgan fingerprint density at radius 2 is 1.84 bits per heavy atom. The molecule has 1 N–H and O–H groups in total. The molecule has 232 valence electrons. The average Bonchev–Trinajstić information content (AvgIpc) is 3.43. The molecule has 5 aliphatic rings. The molecule has 13 heteroatoms. The van der Waals surface area contributed by atoms with Crippen molar-refractivity contribution >= 4 is 18.1 Å². The van der Waals surface area contributed by atoms with Gasteiger partial charge in [0, 0.05) is 60.6 Å². The van der Waals surface area contributed by atoms with Gasteiger partial charge >= 0.3 is 6.18 Å². The first-order chi connectivity index (χ1) is 20.7. The minimum absolute atomic E-state index is 0.00488. The lowest BCUT2D eigenvalue weighted by Crippen LogP contribution is -2.72. The van der Waals surface area contributed by atoms with Gasteiger partial charge in [0.15, 0.2) is 0 Å². The van der Waals surface area contributed by atoms with E-state index in [1.807, 2.05) is 0 Å². The largest absolute Gasteiger partial charge is 0.439 e. The molecule has 1 aliphatic heterocycles. The molecule has 8 rings (SSSR count). The maximum Gasteiger partial charge on any atom is 0.416 e. The second-order valence-electron chi connectivity index (χ2n) is 13.4. The van der Waals surface area contributed by atoms with Crippen LogP contribution < -0.4 is 10.2 Å². The normalized spacial score (nSPS) is 27.7. The van der Waals surface area contributed by atoms with Crippen LogP contribution in [0.4, 0.5) is 27.6 Å². The Balaban J connectivity index is 1.25. The van der Waals surface area contributed by atoms with E-state index in [2.05, 4.69) is 22.4 Å². The molecule has 0 saturated heterocycles. The predicted octanol–water partition coefficient (Wildman–Crippen LogP) is 5.61. The molecule has 0 spiro atoms. The minimum Gasteiger partial charge on any atom is -0.439 e. The number of rotatable bonds is 9. The van der Waals surface area contributed by atoms with Crippen LogP contribution >= 0.6 is 0 Å². The van der Waals surface area contributed by atoms with E-state index in [0.29, 0.717) is 22.4 Å². The van der Waals surface area contributed by atoms with E-state index in [4.69, 9.17) is 4.74 Å². The Morgan fingerprint density at radius 1 is 1.11 bits per heavy atom. The van der Waals surface area contributed by atoms with Gasteiger partial charge in [0.2, 0.25) is 12.2 Å². The molecule has 8 nitrogen and oxygen atoms in total. The fraction of sp³-hybridized carbons (Fsp3) is 0.484. The second-order valence-corrected chi connectivity index (χ2v) is 13.4. The van der Waals surface area contributed by atoms with Crippen molar-refractivity contribution in [1.29, 1.82) is 0 Å². The number of aromatic nitrogens is 3. The summed E-state index contributed by atoms with van der Waals surface area (Å²) in [5.74, 6) is -3.21. The number of aryl methyl sites for hydroxylation is 1. The molecule has 1 unspecified atom stereocenters. The number of benzene rings is 2. The summed E-state index contributed by atoms with van der Waals surface area (Å²) < 4.78 is 79.0. The van der Waals surface area contributed by atoms with Crippen molar-refractivity contribution < 1.29 is 36.3 Å². The van der Waals surface area contributed by atoms with Crippen molar-refractivity contribution in [2.24, 2.45) is 12.5 Å². The molecule has 44 heavy (non-hydrogen) atoms. The van der Waals surface area contributed by atoms with Crippen LogP contribution in [0.1, 0.15) is 83.7 Å². The van der Waals surface area contributed by atoms with Crippen LogP contribution in [0.5, 0.6) is 0 Å². The summed E-state index contributed by atoms with van der Waals surface area (Å²) in [6, 6.07) is 8.61. The SMILES string of the molecule is Cn1cnnc1CC1(c2cccc(N3C(=O)c4cc(CNC56CC(C)(C5)C6)cc(C(F)(F)F)c4C3OC=O)c2)CC(F)(F)C1. The van der Waals surface area contributed by atoms with Crippen LogP contribution in [0, 0.1) is 5.41 Å². The summed E-state index contributed by atoms with van der Waals surface area (Å²) in [7, 11) is 1.70. The number of nitrogens with one attached hydrogen (secondary N) is 1. The number of alkyl halides is 5. The fourth-order valence-corrected chi connectivity index (χ4v) is 8.19. The number of carbonyl (C=O) groups excluding carboxylic acids is 2. The maximum atomic E-state index is 14.5. The van der Waals surface area contributed by atoms with Crippen molar-refractivity contribution in [2.75, 3.05) is 4.90 Å². The van der Waals surface area contributed by atoms with Gasteiger partial charge in [-0.25, -0.2) is 8.78 Å². The van der Waals surface area contributed by atoms with E-state index in [9.17, 15) is 31.5 Å². The Morgan fingerprint density at radius 3 is 2.43 bits per heavy atom.